The van der Waals surface area contributed by atoms with Crippen LogP contribution in [0.4, 0.5) is 10.1 Å². The lowest BCUT2D eigenvalue weighted by Gasteiger charge is -2.15. The standard InChI is InChI=1S/C21H19FN2O5/c22-17-5-2-1-4-16(17)21(28)23-12-20(27)29-13-18(25)14-7-9-15(10-8-14)24-11-3-6-19(24)26/h1-2,4-5,7-10H,3,6,11-13H2,(H,23,28). The van der Waals surface area contributed by atoms with E-state index in [9.17, 15) is 23.6 Å². The highest BCUT2D eigenvalue weighted by Gasteiger charge is 2.22. The van der Waals surface area contributed by atoms with E-state index in [2.05, 4.69) is 5.32 Å². The van der Waals surface area contributed by atoms with Crippen LogP contribution in [0.15, 0.2) is 48.5 Å². The number of ketones is 1. The Kier molecular flexibility index (Phi) is 6.33. The Morgan fingerprint density at radius 3 is 2.45 bits per heavy atom. The molecule has 0 unspecified atom stereocenters. The number of nitrogens with zero attached hydrogens (tertiary/aromatic N) is 1. The first kappa shape index (κ1) is 20.2. The largest absolute Gasteiger partial charge is 0.456 e. The van der Waals surface area contributed by atoms with Gasteiger partial charge in [0.1, 0.15) is 12.4 Å². The molecule has 0 saturated carbocycles. The third kappa shape index (κ3) is 5.04. The molecule has 1 N–H and O–H groups in total. The van der Waals surface area contributed by atoms with Crippen molar-refractivity contribution in [3.63, 3.8) is 0 Å². The monoisotopic (exact) mass is 398 g/mol. The van der Waals surface area contributed by atoms with Crippen LogP contribution in [0.2, 0.25) is 0 Å². The van der Waals surface area contributed by atoms with Crippen molar-refractivity contribution in [3.8, 4) is 0 Å². The third-order valence-corrected chi connectivity index (χ3v) is 4.45. The Morgan fingerprint density at radius 1 is 1.07 bits per heavy atom. The Bertz CT molecular complexity index is 942. The molecule has 2 aromatic rings. The van der Waals surface area contributed by atoms with Gasteiger partial charge in [0.2, 0.25) is 5.91 Å². The molecule has 0 aromatic heterocycles. The highest BCUT2D eigenvalue weighted by molar-refractivity contribution is 6.00. The number of hydrogen-bond donors (Lipinski definition) is 1. The van der Waals surface area contributed by atoms with Crippen LogP contribution >= 0.6 is 0 Å². The van der Waals surface area contributed by atoms with Crippen molar-refractivity contribution in [2.45, 2.75) is 12.8 Å². The van der Waals surface area contributed by atoms with Gasteiger partial charge in [0.05, 0.1) is 5.56 Å². The average Bonchev–Trinajstić information content (AvgIpc) is 3.16. The Morgan fingerprint density at radius 2 is 1.79 bits per heavy atom. The Hall–Kier alpha value is -3.55. The number of nitrogens with one attached hydrogen (secondary N) is 1. The van der Waals surface area contributed by atoms with Crippen LogP contribution in [0, 0.1) is 5.82 Å². The summed E-state index contributed by atoms with van der Waals surface area (Å²) in [6, 6.07) is 11.9. The lowest BCUT2D eigenvalue weighted by Crippen LogP contribution is -2.32. The molecule has 3 rings (SSSR count). The van der Waals surface area contributed by atoms with E-state index < -0.39 is 36.6 Å². The molecular weight excluding hydrogens is 379 g/mol. The van der Waals surface area contributed by atoms with E-state index in [1.54, 1.807) is 29.2 Å². The summed E-state index contributed by atoms with van der Waals surface area (Å²) in [5.41, 5.74) is 0.869. The number of halogens is 1. The van der Waals surface area contributed by atoms with Crippen molar-refractivity contribution in [2.75, 3.05) is 24.6 Å². The van der Waals surface area contributed by atoms with Gasteiger partial charge in [-0.05, 0) is 42.8 Å². The molecule has 0 aliphatic carbocycles. The molecule has 1 aliphatic rings. The van der Waals surface area contributed by atoms with Crippen molar-refractivity contribution >= 4 is 29.3 Å². The van der Waals surface area contributed by atoms with E-state index in [0.29, 0.717) is 18.5 Å². The lowest BCUT2D eigenvalue weighted by molar-refractivity contribution is -0.141. The zero-order valence-corrected chi connectivity index (χ0v) is 15.5. The number of ether oxygens (including phenoxy) is 1. The quantitative estimate of drug-likeness (QED) is 0.570. The average molecular weight is 398 g/mol. The maximum atomic E-state index is 13.5. The molecule has 2 aromatic carbocycles. The number of Topliss-reactive ketones (excluding diaryl/α,β-unsaturated/α-hetero) is 1. The van der Waals surface area contributed by atoms with Gasteiger partial charge in [0.15, 0.2) is 12.4 Å². The van der Waals surface area contributed by atoms with E-state index in [1.807, 2.05) is 0 Å². The van der Waals surface area contributed by atoms with E-state index in [4.69, 9.17) is 4.74 Å². The maximum absolute atomic E-state index is 13.5. The molecule has 1 aliphatic heterocycles. The van der Waals surface area contributed by atoms with Crippen molar-refractivity contribution < 1.29 is 28.3 Å². The zero-order chi connectivity index (χ0) is 20.8. The lowest BCUT2D eigenvalue weighted by atomic mass is 10.1. The molecule has 2 amide bonds. The van der Waals surface area contributed by atoms with E-state index in [1.165, 1.54) is 18.2 Å². The van der Waals surface area contributed by atoms with Crippen LogP contribution in [-0.2, 0) is 14.3 Å². The third-order valence-electron chi connectivity index (χ3n) is 4.45. The predicted molar refractivity (Wildman–Crippen MR) is 102 cm³/mol. The molecule has 0 spiro atoms. The first-order valence-electron chi connectivity index (χ1n) is 9.07. The number of carbonyl (C=O) groups excluding carboxylic acids is 4. The minimum absolute atomic E-state index is 0.0513. The number of hydrogen-bond acceptors (Lipinski definition) is 5. The number of carbonyl (C=O) groups is 4. The molecule has 1 saturated heterocycles. The summed E-state index contributed by atoms with van der Waals surface area (Å²) >= 11 is 0. The molecule has 29 heavy (non-hydrogen) atoms. The molecule has 8 heteroatoms. The van der Waals surface area contributed by atoms with Crippen LogP contribution in [0.25, 0.3) is 0 Å². The fraction of sp³-hybridized carbons (Fsp3) is 0.238. The Balaban J connectivity index is 1.46. The van der Waals surface area contributed by atoms with Gasteiger partial charge in [-0.25, -0.2) is 4.39 Å². The highest BCUT2D eigenvalue weighted by Crippen LogP contribution is 2.21. The van der Waals surface area contributed by atoms with Gasteiger partial charge in [-0.2, -0.15) is 0 Å². The van der Waals surface area contributed by atoms with Crippen LogP contribution in [0.5, 0.6) is 0 Å². The van der Waals surface area contributed by atoms with Crippen molar-refractivity contribution in [3.05, 3.63) is 65.5 Å². The highest BCUT2D eigenvalue weighted by atomic mass is 19.1. The molecule has 150 valence electrons. The van der Waals surface area contributed by atoms with E-state index in [-0.39, 0.29) is 11.5 Å². The van der Waals surface area contributed by atoms with Gasteiger partial charge in [-0.15, -0.1) is 0 Å². The fourth-order valence-electron chi connectivity index (χ4n) is 2.92. The molecule has 1 fully saturated rings. The Labute approximate surface area is 166 Å². The van der Waals surface area contributed by atoms with E-state index >= 15 is 0 Å². The molecule has 7 nitrogen and oxygen atoms in total. The SMILES string of the molecule is O=C(CNC(=O)c1ccccc1F)OCC(=O)c1ccc(N2CCCC2=O)cc1. The van der Waals surface area contributed by atoms with Gasteiger partial charge in [-0.1, -0.05) is 12.1 Å². The second kappa shape index (κ2) is 9.09. The zero-order valence-electron chi connectivity index (χ0n) is 15.5. The molecule has 0 atom stereocenters. The van der Waals surface area contributed by atoms with Crippen molar-refractivity contribution in [2.24, 2.45) is 0 Å². The van der Waals surface area contributed by atoms with Gasteiger partial charge >= 0.3 is 5.97 Å². The number of anilines is 1. The van der Waals surface area contributed by atoms with Crippen LogP contribution in [0.1, 0.15) is 33.6 Å². The van der Waals surface area contributed by atoms with Gasteiger partial charge in [-0.3, -0.25) is 19.2 Å². The van der Waals surface area contributed by atoms with Crippen LogP contribution in [0.3, 0.4) is 0 Å². The number of esters is 1. The normalized spacial score (nSPS) is 13.3. The smallest absolute Gasteiger partial charge is 0.325 e. The second-order valence-corrected chi connectivity index (χ2v) is 6.44. The summed E-state index contributed by atoms with van der Waals surface area (Å²) in [4.78, 5) is 49.1. The molecule has 0 bridgehead atoms. The minimum Gasteiger partial charge on any atom is -0.456 e. The van der Waals surface area contributed by atoms with E-state index in [0.717, 1.165) is 18.2 Å². The van der Waals surface area contributed by atoms with Crippen LogP contribution < -0.4 is 10.2 Å². The second-order valence-electron chi connectivity index (χ2n) is 6.44. The van der Waals surface area contributed by atoms with Gasteiger partial charge in [0, 0.05) is 24.2 Å². The topological polar surface area (TPSA) is 92.8 Å². The van der Waals surface area contributed by atoms with Crippen molar-refractivity contribution in [1.29, 1.82) is 0 Å². The summed E-state index contributed by atoms with van der Waals surface area (Å²) in [6.07, 6.45) is 1.33. The van der Waals surface area contributed by atoms with Crippen molar-refractivity contribution in [1.82, 2.24) is 5.32 Å². The number of rotatable bonds is 7. The summed E-state index contributed by atoms with van der Waals surface area (Å²) in [7, 11) is 0. The summed E-state index contributed by atoms with van der Waals surface area (Å²) in [5.74, 6) is -2.64. The predicted octanol–water partition coefficient (Wildman–Crippen LogP) is 2.11. The summed E-state index contributed by atoms with van der Waals surface area (Å²) in [5, 5.41) is 2.24. The fourth-order valence-corrected chi connectivity index (χ4v) is 2.92. The minimum atomic E-state index is -0.817. The summed E-state index contributed by atoms with van der Waals surface area (Å²) in [6.45, 7) is -0.324. The first-order chi connectivity index (χ1) is 14.0. The first-order valence-corrected chi connectivity index (χ1v) is 9.07. The van der Waals surface area contributed by atoms with Gasteiger partial charge in [0.25, 0.3) is 5.91 Å². The summed E-state index contributed by atoms with van der Waals surface area (Å²) < 4.78 is 18.4. The van der Waals surface area contributed by atoms with Crippen LogP contribution in [-0.4, -0.2) is 43.3 Å². The maximum Gasteiger partial charge on any atom is 0.325 e. The number of benzene rings is 2. The molecular formula is C21H19FN2O5. The van der Waals surface area contributed by atoms with Gasteiger partial charge < -0.3 is 15.0 Å². The molecule has 0 radical (unpaired) electrons. The molecule has 1 heterocycles. The number of amides is 2.